The molecule has 0 amide bonds. The number of fused-ring (bicyclic) bond motifs is 2. The van der Waals surface area contributed by atoms with Gasteiger partial charge in [0.05, 0.1) is 0 Å². The third-order valence-corrected chi connectivity index (χ3v) is 4.74. The van der Waals surface area contributed by atoms with Crippen LogP contribution in [0.5, 0.6) is 0 Å². The monoisotopic (exact) mass is 274 g/mol. The first-order valence-electron chi connectivity index (χ1n) is 7.17. The Morgan fingerprint density at radius 1 is 1.30 bits per heavy atom. The predicted octanol–water partition coefficient (Wildman–Crippen LogP) is -0.0188. The molecule has 1 aliphatic carbocycles. The van der Waals surface area contributed by atoms with Crippen molar-refractivity contribution in [2.45, 2.75) is 25.3 Å². The number of H-pyrrole nitrogens is 1. The molecule has 3 heterocycles. The Labute approximate surface area is 115 Å². The molecular formula is C13H18N6O. The van der Waals surface area contributed by atoms with Crippen LogP contribution in [0.3, 0.4) is 0 Å². The number of hydrogen-bond acceptors (Lipinski definition) is 5. The van der Waals surface area contributed by atoms with Gasteiger partial charge in [0.25, 0.3) is 0 Å². The van der Waals surface area contributed by atoms with Crippen molar-refractivity contribution in [2.24, 2.45) is 17.6 Å². The number of aromatic amines is 1. The molecule has 0 spiro atoms. The molecular weight excluding hydrogens is 256 g/mol. The second kappa shape index (κ2) is 4.31. The summed E-state index contributed by atoms with van der Waals surface area (Å²) in [5.41, 5.74) is 6.49. The fourth-order valence-corrected chi connectivity index (χ4v) is 3.67. The van der Waals surface area contributed by atoms with Gasteiger partial charge in [-0.2, -0.15) is 9.61 Å². The molecule has 2 fully saturated rings. The van der Waals surface area contributed by atoms with Crippen LogP contribution in [0.25, 0.3) is 5.65 Å². The van der Waals surface area contributed by atoms with Crippen LogP contribution < -0.4 is 16.3 Å². The van der Waals surface area contributed by atoms with Crippen molar-refractivity contribution in [3.8, 4) is 0 Å². The summed E-state index contributed by atoms with van der Waals surface area (Å²) in [5.74, 6) is 2.06. The Morgan fingerprint density at radius 3 is 3.05 bits per heavy atom. The maximum Gasteiger partial charge on any atom is 0.364 e. The Bertz CT molecular complexity index is 691. The number of nitrogens with two attached hydrogens (primary N) is 1. The van der Waals surface area contributed by atoms with Crippen LogP contribution in [0.2, 0.25) is 0 Å². The molecule has 0 radical (unpaired) electrons. The molecule has 1 aliphatic heterocycles. The zero-order valence-electron chi connectivity index (χ0n) is 11.2. The van der Waals surface area contributed by atoms with Crippen molar-refractivity contribution in [2.75, 3.05) is 18.0 Å². The Morgan fingerprint density at radius 2 is 2.20 bits per heavy atom. The van der Waals surface area contributed by atoms with Crippen molar-refractivity contribution in [1.29, 1.82) is 0 Å². The van der Waals surface area contributed by atoms with Crippen LogP contribution in [0.4, 0.5) is 5.82 Å². The highest BCUT2D eigenvalue weighted by Gasteiger charge is 2.39. The van der Waals surface area contributed by atoms with Crippen LogP contribution in [-0.2, 0) is 0 Å². The van der Waals surface area contributed by atoms with Crippen molar-refractivity contribution >= 4 is 11.5 Å². The molecule has 3 atom stereocenters. The molecule has 0 aromatic carbocycles. The van der Waals surface area contributed by atoms with Crippen LogP contribution in [0.15, 0.2) is 16.9 Å². The Balaban J connectivity index is 1.66. The van der Waals surface area contributed by atoms with E-state index in [1.807, 2.05) is 12.1 Å². The lowest BCUT2D eigenvalue weighted by atomic mass is 9.78. The summed E-state index contributed by atoms with van der Waals surface area (Å²) in [4.78, 5) is 13.8. The highest BCUT2D eigenvalue weighted by Crippen LogP contribution is 2.36. The molecule has 7 nitrogen and oxygen atoms in total. The largest absolute Gasteiger partial charge is 0.364 e. The third-order valence-electron chi connectivity index (χ3n) is 4.74. The normalized spacial score (nSPS) is 29.9. The van der Waals surface area contributed by atoms with Crippen molar-refractivity contribution in [3.63, 3.8) is 0 Å². The van der Waals surface area contributed by atoms with E-state index in [-0.39, 0.29) is 5.69 Å². The minimum atomic E-state index is -0.296. The first-order chi connectivity index (χ1) is 9.72. The summed E-state index contributed by atoms with van der Waals surface area (Å²) in [7, 11) is 0. The van der Waals surface area contributed by atoms with Gasteiger partial charge >= 0.3 is 5.69 Å². The van der Waals surface area contributed by atoms with E-state index in [4.69, 9.17) is 5.73 Å². The van der Waals surface area contributed by atoms with Gasteiger partial charge in [0.1, 0.15) is 5.82 Å². The summed E-state index contributed by atoms with van der Waals surface area (Å²) >= 11 is 0. The van der Waals surface area contributed by atoms with Gasteiger partial charge in [-0.05, 0) is 36.8 Å². The molecule has 106 valence electrons. The third kappa shape index (κ3) is 1.73. The topological polar surface area (TPSA) is 92.3 Å². The molecule has 0 bridgehead atoms. The molecule has 3 unspecified atom stereocenters. The summed E-state index contributed by atoms with van der Waals surface area (Å²) in [5, 5.41) is 10.7. The highest BCUT2D eigenvalue weighted by atomic mass is 16.2. The second-order valence-corrected chi connectivity index (χ2v) is 5.91. The van der Waals surface area contributed by atoms with E-state index in [9.17, 15) is 4.79 Å². The van der Waals surface area contributed by atoms with E-state index in [1.165, 1.54) is 17.4 Å². The maximum absolute atomic E-state index is 11.6. The van der Waals surface area contributed by atoms with Gasteiger partial charge in [-0.25, -0.2) is 9.89 Å². The second-order valence-electron chi connectivity index (χ2n) is 5.91. The maximum atomic E-state index is 11.6. The zero-order chi connectivity index (χ0) is 13.7. The number of aromatic nitrogens is 4. The molecule has 3 N–H and O–H groups in total. The molecule has 20 heavy (non-hydrogen) atoms. The van der Waals surface area contributed by atoms with Crippen LogP contribution in [0, 0.1) is 11.8 Å². The Kier molecular flexibility index (Phi) is 2.56. The van der Waals surface area contributed by atoms with Crippen LogP contribution >= 0.6 is 0 Å². The molecule has 2 aromatic heterocycles. The quantitative estimate of drug-likeness (QED) is 0.762. The van der Waals surface area contributed by atoms with Crippen molar-refractivity contribution < 1.29 is 0 Å². The lowest BCUT2D eigenvalue weighted by Crippen LogP contribution is -2.38. The van der Waals surface area contributed by atoms with E-state index in [2.05, 4.69) is 20.2 Å². The van der Waals surface area contributed by atoms with Gasteiger partial charge in [-0.1, -0.05) is 6.42 Å². The van der Waals surface area contributed by atoms with Crippen molar-refractivity contribution in [3.05, 3.63) is 22.6 Å². The lowest BCUT2D eigenvalue weighted by Gasteiger charge is -2.29. The molecule has 7 heteroatoms. The average Bonchev–Trinajstić information content (AvgIpc) is 3.04. The van der Waals surface area contributed by atoms with E-state index >= 15 is 0 Å². The van der Waals surface area contributed by atoms with Crippen LogP contribution in [0.1, 0.15) is 19.3 Å². The van der Waals surface area contributed by atoms with Crippen molar-refractivity contribution in [1.82, 2.24) is 19.8 Å². The molecule has 1 saturated carbocycles. The molecule has 1 saturated heterocycles. The van der Waals surface area contributed by atoms with E-state index in [1.54, 1.807) is 0 Å². The minimum Gasteiger partial charge on any atom is -0.355 e. The average molecular weight is 274 g/mol. The number of hydrogen-bond donors (Lipinski definition) is 2. The first kappa shape index (κ1) is 11.9. The van der Waals surface area contributed by atoms with Crippen LogP contribution in [-0.4, -0.2) is 38.9 Å². The summed E-state index contributed by atoms with van der Waals surface area (Å²) in [6, 6.07) is 4.06. The fourth-order valence-electron chi connectivity index (χ4n) is 3.67. The van der Waals surface area contributed by atoms with E-state index < -0.39 is 0 Å². The lowest BCUT2D eigenvalue weighted by molar-refractivity contribution is 0.260. The van der Waals surface area contributed by atoms with Gasteiger partial charge in [0.15, 0.2) is 5.65 Å². The minimum absolute atomic E-state index is 0.296. The summed E-state index contributed by atoms with van der Waals surface area (Å²) in [6.45, 7) is 1.93. The fraction of sp³-hybridized carbons (Fsp3) is 0.615. The van der Waals surface area contributed by atoms with Gasteiger partial charge in [-0.3, -0.25) is 0 Å². The SMILES string of the molecule is NC1CCCC2CN(c3ccc4n[nH]c(=O)n4n3)CC12. The van der Waals surface area contributed by atoms with Gasteiger partial charge in [0.2, 0.25) is 0 Å². The highest BCUT2D eigenvalue weighted by molar-refractivity contribution is 5.46. The van der Waals surface area contributed by atoms with Gasteiger partial charge in [0, 0.05) is 19.1 Å². The van der Waals surface area contributed by atoms with Gasteiger partial charge in [-0.15, -0.1) is 5.10 Å². The van der Waals surface area contributed by atoms with E-state index in [0.717, 1.165) is 25.3 Å². The smallest absolute Gasteiger partial charge is 0.355 e. The molecule has 2 aromatic rings. The predicted molar refractivity (Wildman–Crippen MR) is 74.6 cm³/mol. The molecule has 2 aliphatic rings. The number of nitrogens with one attached hydrogen (secondary N) is 1. The van der Waals surface area contributed by atoms with E-state index in [0.29, 0.717) is 23.5 Å². The first-order valence-corrected chi connectivity index (χ1v) is 7.17. The number of nitrogens with zero attached hydrogens (tertiary/aromatic N) is 4. The summed E-state index contributed by atoms with van der Waals surface area (Å²) in [6.07, 6.45) is 3.61. The van der Waals surface area contributed by atoms with Gasteiger partial charge < -0.3 is 10.6 Å². The summed E-state index contributed by atoms with van der Waals surface area (Å²) < 4.78 is 1.32. The Hall–Kier alpha value is -1.89. The molecule has 4 rings (SSSR count). The standard InChI is InChI=1S/C13H18N6O/c14-10-3-1-2-8-6-18(7-9(8)10)12-5-4-11-15-16-13(20)19(11)17-12/h4-5,8-10H,1-3,6-7,14H2,(H,16,20). The zero-order valence-corrected chi connectivity index (χ0v) is 11.2. The number of anilines is 1. The number of rotatable bonds is 1.